The summed E-state index contributed by atoms with van der Waals surface area (Å²) in [5.74, 6) is -1.29. The minimum Gasteiger partial charge on any atom is -0.399 e. The molecule has 0 spiro atoms. The number of benzene rings is 1. The molecule has 0 radical (unpaired) electrons. The molecule has 0 atom stereocenters. The number of hydrogen-bond acceptors (Lipinski definition) is 1. The number of nitrogens with two attached hydrogens (primary N) is 1. The Morgan fingerprint density at radius 1 is 1.11 bits per heavy atom. The summed E-state index contributed by atoms with van der Waals surface area (Å²) in [6.07, 6.45) is 0. The maximum Gasteiger partial charge on any atom is 0.128 e. The quantitative estimate of drug-likeness (QED) is 0.534. The van der Waals surface area contributed by atoms with Crippen molar-refractivity contribution in [3.8, 4) is 0 Å². The lowest BCUT2D eigenvalue weighted by Gasteiger charge is -1.91. The maximum atomic E-state index is 12.1. The molecule has 0 aliphatic rings. The van der Waals surface area contributed by atoms with Gasteiger partial charge in [-0.3, -0.25) is 0 Å². The summed E-state index contributed by atoms with van der Waals surface area (Å²) >= 11 is 0. The van der Waals surface area contributed by atoms with Crippen LogP contribution in [0.25, 0.3) is 0 Å². The van der Waals surface area contributed by atoms with E-state index < -0.39 is 11.6 Å². The van der Waals surface area contributed by atoms with E-state index in [0.717, 1.165) is 18.2 Å². The zero-order chi connectivity index (χ0) is 6.85. The van der Waals surface area contributed by atoms with Crippen LogP contribution in [0.1, 0.15) is 1.43 Å². The van der Waals surface area contributed by atoms with Crippen LogP contribution < -0.4 is 5.73 Å². The van der Waals surface area contributed by atoms with E-state index >= 15 is 0 Å². The summed E-state index contributed by atoms with van der Waals surface area (Å²) in [5.41, 5.74) is 5.18. The molecule has 0 bridgehead atoms. The summed E-state index contributed by atoms with van der Waals surface area (Å²) in [7, 11) is 0. The highest BCUT2D eigenvalue weighted by Gasteiger charge is 1.94. The van der Waals surface area contributed by atoms with Gasteiger partial charge in [0.05, 0.1) is 0 Å². The molecule has 1 rings (SSSR count). The Bertz CT molecular complexity index is 177. The monoisotopic (exact) mass is 131 g/mol. The van der Waals surface area contributed by atoms with Gasteiger partial charge in [0.25, 0.3) is 0 Å². The van der Waals surface area contributed by atoms with Crippen LogP contribution in [0.15, 0.2) is 18.2 Å². The first-order valence-electron chi connectivity index (χ1n) is 2.40. The summed E-state index contributed by atoms with van der Waals surface area (Å²) in [4.78, 5) is 0. The average Bonchev–Trinajstić information content (AvgIpc) is 1.59. The highest BCUT2D eigenvalue weighted by molar-refractivity contribution is 5.37. The Hall–Kier alpha value is -1.12. The van der Waals surface area contributed by atoms with E-state index in [2.05, 4.69) is 0 Å². The molecule has 0 fully saturated rings. The van der Waals surface area contributed by atoms with E-state index in [1.165, 1.54) is 0 Å². The molecule has 50 valence electrons. The minimum atomic E-state index is -0.646. The summed E-state index contributed by atoms with van der Waals surface area (Å²) in [6, 6.07) is 2.89. The van der Waals surface area contributed by atoms with Crippen molar-refractivity contribution in [1.82, 2.24) is 0 Å². The largest absolute Gasteiger partial charge is 0.399 e. The smallest absolute Gasteiger partial charge is 0.128 e. The predicted octanol–water partition coefficient (Wildman–Crippen LogP) is 1.79. The Morgan fingerprint density at radius 3 is 1.89 bits per heavy atom. The van der Waals surface area contributed by atoms with Gasteiger partial charge in [0.15, 0.2) is 0 Å². The summed E-state index contributed by atoms with van der Waals surface area (Å²) < 4.78 is 24.2. The Balaban J connectivity index is 0.000000810. The molecule has 0 aliphatic carbocycles. The molecule has 0 unspecified atom stereocenters. The van der Waals surface area contributed by atoms with E-state index in [1.54, 1.807) is 0 Å². The topological polar surface area (TPSA) is 26.0 Å². The van der Waals surface area contributed by atoms with Crippen molar-refractivity contribution in [1.29, 1.82) is 0 Å². The molecular formula is C6H7F2N. The van der Waals surface area contributed by atoms with Crippen LogP contribution >= 0.6 is 0 Å². The van der Waals surface area contributed by atoms with Gasteiger partial charge in [-0.1, -0.05) is 0 Å². The summed E-state index contributed by atoms with van der Waals surface area (Å²) in [6.45, 7) is 0. The van der Waals surface area contributed by atoms with E-state index in [1.807, 2.05) is 0 Å². The number of hydrogen-bond donors (Lipinski definition) is 1. The van der Waals surface area contributed by atoms with Crippen LogP contribution in [-0.4, -0.2) is 0 Å². The zero-order valence-corrected chi connectivity index (χ0v) is 4.57. The lowest BCUT2D eigenvalue weighted by molar-refractivity contribution is 0.584. The standard InChI is InChI=1S/C6H5F2N.H2/c7-4-1-5(8)3-6(9)2-4;/h1-3H,9H2;1H. The molecule has 9 heavy (non-hydrogen) atoms. The molecule has 0 heterocycles. The maximum absolute atomic E-state index is 12.1. The molecule has 0 saturated carbocycles. The van der Waals surface area contributed by atoms with Crippen LogP contribution in [0.2, 0.25) is 0 Å². The van der Waals surface area contributed by atoms with E-state index in [-0.39, 0.29) is 7.11 Å². The van der Waals surface area contributed by atoms with Crippen LogP contribution in [-0.2, 0) is 0 Å². The first-order chi connectivity index (χ1) is 4.18. The van der Waals surface area contributed by atoms with Gasteiger partial charge in [-0.05, 0) is 12.1 Å². The van der Waals surface area contributed by atoms with Gasteiger partial charge in [0.1, 0.15) is 11.6 Å². The molecular weight excluding hydrogens is 124 g/mol. The van der Waals surface area contributed by atoms with Gasteiger partial charge in [-0.15, -0.1) is 0 Å². The third-order valence-electron chi connectivity index (χ3n) is 0.885. The number of anilines is 1. The molecule has 0 saturated heterocycles. The van der Waals surface area contributed by atoms with E-state index in [4.69, 9.17) is 5.73 Å². The van der Waals surface area contributed by atoms with Crippen molar-refractivity contribution < 1.29 is 10.2 Å². The minimum absolute atomic E-state index is 0. The fourth-order valence-electron chi connectivity index (χ4n) is 0.575. The third-order valence-corrected chi connectivity index (χ3v) is 0.885. The number of rotatable bonds is 0. The van der Waals surface area contributed by atoms with Crippen molar-refractivity contribution in [2.45, 2.75) is 0 Å². The second-order valence-electron chi connectivity index (χ2n) is 1.70. The molecule has 2 N–H and O–H groups in total. The molecule has 0 aliphatic heterocycles. The molecule has 0 aromatic heterocycles. The Labute approximate surface area is 52.6 Å². The predicted molar refractivity (Wildman–Crippen MR) is 32.9 cm³/mol. The van der Waals surface area contributed by atoms with Crippen molar-refractivity contribution in [3.63, 3.8) is 0 Å². The van der Waals surface area contributed by atoms with Crippen molar-refractivity contribution >= 4 is 5.69 Å². The molecule has 3 heteroatoms. The Kier molecular flexibility index (Phi) is 1.34. The fourth-order valence-corrected chi connectivity index (χ4v) is 0.575. The van der Waals surface area contributed by atoms with Gasteiger partial charge < -0.3 is 5.73 Å². The van der Waals surface area contributed by atoms with Gasteiger partial charge >= 0.3 is 0 Å². The normalized spacial score (nSPS) is 9.56. The van der Waals surface area contributed by atoms with Crippen molar-refractivity contribution in [2.24, 2.45) is 0 Å². The van der Waals surface area contributed by atoms with Crippen LogP contribution in [0.4, 0.5) is 14.5 Å². The summed E-state index contributed by atoms with van der Waals surface area (Å²) in [5, 5.41) is 0. The van der Waals surface area contributed by atoms with Crippen molar-refractivity contribution in [3.05, 3.63) is 29.8 Å². The highest BCUT2D eigenvalue weighted by atomic mass is 19.1. The molecule has 1 aromatic rings. The lowest BCUT2D eigenvalue weighted by Crippen LogP contribution is -1.87. The SMILES string of the molecule is Nc1cc(F)cc(F)c1.[HH]. The lowest BCUT2D eigenvalue weighted by atomic mass is 10.3. The highest BCUT2D eigenvalue weighted by Crippen LogP contribution is 2.07. The second-order valence-corrected chi connectivity index (χ2v) is 1.70. The van der Waals surface area contributed by atoms with Crippen LogP contribution in [0.3, 0.4) is 0 Å². The first-order valence-corrected chi connectivity index (χ1v) is 2.40. The van der Waals surface area contributed by atoms with Gasteiger partial charge in [-0.2, -0.15) is 0 Å². The first kappa shape index (κ1) is 6.01. The van der Waals surface area contributed by atoms with Crippen LogP contribution in [0, 0.1) is 11.6 Å². The average molecular weight is 131 g/mol. The van der Waals surface area contributed by atoms with Crippen molar-refractivity contribution in [2.75, 3.05) is 5.73 Å². The Morgan fingerprint density at radius 2 is 1.56 bits per heavy atom. The van der Waals surface area contributed by atoms with E-state index in [9.17, 15) is 8.78 Å². The van der Waals surface area contributed by atoms with Gasteiger partial charge in [0, 0.05) is 13.2 Å². The number of nitrogen functional groups attached to an aromatic ring is 1. The zero-order valence-electron chi connectivity index (χ0n) is 4.57. The third kappa shape index (κ3) is 1.38. The molecule has 1 aromatic carbocycles. The molecule has 0 amide bonds. The van der Waals surface area contributed by atoms with E-state index in [0.29, 0.717) is 0 Å². The van der Waals surface area contributed by atoms with Crippen LogP contribution in [0.5, 0.6) is 0 Å². The van der Waals surface area contributed by atoms with Gasteiger partial charge in [0.2, 0.25) is 0 Å². The fraction of sp³-hybridized carbons (Fsp3) is 0. The van der Waals surface area contributed by atoms with Gasteiger partial charge in [-0.25, -0.2) is 8.78 Å². The molecule has 1 nitrogen and oxygen atoms in total. The number of halogens is 2. The second kappa shape index (κ2) is 2.01.